The van der Waals surface area contributed by atoms with Gasteiger partial charge in [-0.15, -0.1) is 0 Å². The fourth-order valence-corrected chi connectivity index (χ4v) is 4.57. The number of nitrogens with zero attached hydrogens (tertiary/aromatic N) is 1. The molecule has 2 aliphatic rings. The van der Waals surface area contributed by atoms with E-state index in [1.54, 1.807) is 60.3 Å². The Morgan fingerprint density at radius 2 is 1.59 bits per heavy atom. The molecule has 8 heteroatoms. The van der Waals surface area contributed by atoms with Crippen molar-refractivity contribution in [2.45, 2.75) is 12.1 Å². The summed E-state index contributed by atoms with van der Waals surface area (Å²) in [7, 11) is 0. The van der Waals surface area contributed by atoms with Gasteiger partial charge < -0.3 is 10.1 Å². The van der Waals surface area contributed by atoms with Crippen LogP contribution in [0.1, 0.15) is 31.1 Å². The lowest BCUT2D eigenvalue weighted by atomic mass is 10.1. The van der Waals surface area contributed by atoms with E-state index in [1.807, 2.05) is 6.07 Å². The van der Waals surface area contributed by atoms with Gasteiger partial charge in [0.1, 0.15) is 12.6 Å². The molecule has 2 aliphatic heterocycles. The van der Waals surface area contributed by atoms with Crippen LogP contribution < -0.4 is 5.32 Å². The van der Waals surface area contributed by atoms with Crippen molar-refractivity contribution in [3.63, 3.8) is 0 Å². The Morgan fingerprint density at radius 3 is 2.24 bits per heavy atom. The Bertz CT molecular complexity index is 943. The number of rotatable bonds is 5. The first-order valence-corrected chi connectivity index (χ1v) is 10.3. The molecule has 1 saturated heterocycles. The Labute approximate surface area is 171 Å². The molecule has 2 aromatic carbocycles. The lowest BCUT2D eigenvalue weighted by molar-refractivity contribution is -0.149. The van der Waals surface area contributed by atoms with Crippen LogP contribution >= 0.6 is 11.8 Å². The Kier molecular flexibility index (Phi) is 5.35. The third-order valence-electron chi connectivity index (χ3n) is 4.83. The molecule has 0 aliphatic carbocycles. The maximum absolute atomic E-state index is 12.4. The highest BCUT2D eigenvalue weighted by Crippen LogP contribution is 2.24. The van der Waals surface area contributed by atoms with Crippen LogP contribution in [0.4, 0.5) is 0 Å². The van der Waals surface area contributed by atoms with E-state index in [-0.39, 0.29) is 23.1 Å². The van der Waals surface area contributed by atoms with Crippen molar-refractivity contribution in [1.82, 2.24) is 10.2 Å². The lowest BCUT2D eigenvalue weighted by Gasteiger charge is -2.22. The van der Waals surface area contributed by atoms with E-state index in [0.29, 0.717) is 17.1 Å². The van der Waals surface area contributed by atoms with Crippen molar-refractivity contribution in [2.75, 3.05) is 18.1 Å². The second kappa shape index (κ2) is 8.08. The summed E-state index contributed by atoms with van der Waals surface area (Å²) in [5.41, 5.74) is 1.10. The number of thioether (sulfide) groups is 1. The van der Waals surface area contributed by atoms with E-state index in [0.717, 1.165) is 4.90 Å². The Morgan fingerprint density at radius 1 is 0.966 bits per heavy atom. The summed E-state index contributed by atoms with van der Waals surface area (Å²) >= 11 is 1.56. The van der Waals surface area contributed by atoms with Crippen LogP contribution in [0.25, 0.3) is 0 Å². The van der Waals surface area contributed by atoms with E-state index in [4.69, 9.17) is 4.74 Å². The first-order valence-electron chi connectivity index (χ1n) is 9.13. The SMILES string of the molecule is O=C(CN1C(=O)c2ccccc2C1=O)OC1CSCC1NC(=O)c1ccccc1. The Balaban J connectivity index is 1.36. The van der Waals surface area contributed by atoms with Gasteiger partial charge in [-0.25, -0.2) is 0 Å². The van der Waals surface area contributed by atoms with Gasteiger partial charge in [-0.1, -0.05) is 30.3 Å². The molecule has 1 N–H and O–H groups in total. The standard InChI is InChI=1S/C21H18N2O5S/c24-18(10-23-20(26)14-8-4-5-9-15(14)21(23)27)28-17-12-29-11-16(17)22-19(25)13-6-2-1-3-7-13/h1-9,16-17H,10-12H2,(H,22,25). The van der Waals surface area contributed by atoms with Crippen molar-refractivity contribution in [1.29, 1.82) is 0 Å². The maximum Gasteiger partial charge on any atom is 0.326 e. The minimum absolute atomic E-state index is 0.237. The van der Waals surface area contributed by atoms with Crippen molar-refractivity contribution in [2.24, 2.45) is 0 Å². The lowest BCUT2D eigenvalue weighted by Crippen LogP contribution is -2.46. The first-order chi connectivity index (χ1) is 14.0. The summed E-state index contributed by atoms with van der Waals surface area (Å²) in [4.78, 5) is 50.4. The first kappa shape index (κ1) is 19.2. The molecular weight excluding hydrogens is 392 g/mol. The fourth-order valence-electron chi connectivity index (χ4n) is 3.34. The van der Waals surface area contributed by atoms with Gasteiger partial charge in [-0.05, 0) is 24.3 Å². The average molecular weight is 410 g/mol. The number of hydrogen-bond acceptors (Lipinski definition) is 6. The molecule has 7 nitrogen and oxygen atoms in total. The number of imide groups is 1. The van der Waals surface area contributed by atoms with Crippen molar-refractivity contribution in [3.05, 3.63) is 71.3 Å². The molecule has 2 atom stereocenters. The summed E-state index contributed by atoms with van der Waals surface area (Å²) in [5.74, 6) is -0.767. The molecule has 4 rings (SSSR count). The number of fused-ring (bicyclic) bond motifs is 1. The highest BCUT2D eigenvalue weighted by atomic mass is 32.2. The molecular formula is C21H18N2O5S. The van der Waals surface area contributed by atoms with Gasteiger partial charge in [0.15, 0.2) is 0 Å². The quantitative estimate of drug-likeness (QED) is 0.596. The molecule has 0 spiro atoms. The normalized spacial score (nSPS) is 20.5. The summed E-state index contributed by atoms with van der Waals surface area (Å²) < 4.78 is 5.50. The number of nitrogens with one attached hydrogen (secondary N) is 1. The molecule has 3 amide bonds. The van der Waals surface area contributed by atoms with Gasteiger partial charge in [0.25, 0.3) is 17.7 Å². The molecule has 2 aromatic rings. The van der Waals surface area contributed by atoms with E-state index < -0.39 is 30.4 Å². The third-order valence-corrected chi connectivity index (χ3v) is 5.99. The second-order valence-electron chi connectivity index (χ2n) is 6.75. The predicted octanol–water partition coefficient (Wildman–Crippen LogP) is 1.74. The van der Waals surface area contributed by atoms with E-state index in [1.165, 1.54) is 0 Å². The van der Waals surface area contributed by atoms with Gasteiger partial charge in [0.2, 0.25) is 0 Å². The van der Waals surface area contributed by atoms with Gasteiger partial charge >= 0.3 is 5.97 Å². The number of amides is 3. The molecule has 2 heterocycles. The number of carbonyl (C=O) groups is 4. The number of carbonyl (C=O) groups excluding carboxylic acids is 4. The molecule has 2 unspecified atom stereocenters. The monoisotopic (exact) mass is 410 g/mol. The maximum atomic E-state index is 12.4. The topological polar surface area (TPSA) is 92.8 Å². The summed E-state index contributed by atoms with van der Waals surface area (Å²) in [6, 6.07) is 14.9. The second-order valence-corrected chi connectivity index (χ2v) is 7.83. The molecule has 0 saturated carbocycles. The average Bonchev–Trinajstić information content (AvgIpc) is 3.26. The van der Waals surface area contributed by atoms with Gasteiger partial charge in [0, 0.05) is 17.1 Å². The van der Waals surface area contributed by atoms with Crippen LogP contribution in [-0.2, 0) is 9.53 Å². The molecule has 0 aromatic heterocycles. The van der Waals surface area contributed by atoms with Crippen LogP contribution in [0.2, 0.25) is 0 Å². The molecule has 1 fully saturated rings. The zero-order valence-corrected chi connectivity index (χ0v) is 16.2. The van der Waals surface area contributed by atoms with Gasteiger partial charge in [-0.3, -0.25) is 24.1 Å². The summed E-state index contributed by atoms with van der Waals surface area (Å²) in [5, 5.41) is 2.89. The Hall–Kier alpha value is -3.13. The highest BCUT2D eigenvalue weighted by Gasteiger charge is 2.38. The van der Waals surface area contributed by atoms with Crippen LogP contribution in [0, 0.1) is 0 Å². The van der Waals surface area contributed by atoms with Crippen LogP contribution in [0.15, 0.2) is 54.6 Å². The summed E-state index contributed by atoms with van der Waals surface area (Å²) in [6.07, 6.45) is -0.518. The van der Waals surface area contributed by atoms with Gasteiger partial charge in [-0.2, -0.15) is 11.8 Å². The minimum atomic E-state index is -0.675. The number of ether oxygens (including phenoxy) is 1. The van der Waals surface area contributed by atoms with E-state index in [9.17, 15) is 19.2 Å². The van der Waals surface area contributed by atoms with Crippen molar-refractivity contribution < 1.29 is 23.9 Å². The fraction of sp³-hybridized carbons (Fsp3) is 0.238. The smallest absolute Gasteiger partial charge is 0.326 e. The number of benzene rings is 2. The molecule has 148 valence electrons. The summed E-state index contributed by atoms with van der Waals surface area (Å²) in [6.45, 7) is -0.452. The largest absolute Gasteiger partial charge is 0.458 e. The minimum Gasteiger partial charge on any atom is -0.458 e. The van der Waals surface area contributed by atoms with E-state index >= 15 is 0 Å². The number of esters is 1. The highest BCUT2D eigenvalue weighted by molar-refractivity contribution is 7.99. The van der Waals surface area contributed by atoms with Gasteiger partial charge in [0.05, 0.1) is 17.2 Å². The van der Waals surface area contributed by atoms with E-state index in [2.05, 4.69) is 5.32 Å². The van der Waals surface area contributed by atoms with Crippen LogP contribution in [-0.4, -0.2) is 58.8 Å². The van der Waals surface area contributed by atoms with Crippen LogP contribution in [0.5, 0.6) is 0 Å². The molecule has 29 heavy (non-hydrogen) atoms. The third kappa shape index (κ3) is 3.88. The van der Waals surface area contributed by atoms with Crippen molar-refractivity contribution >= 4 is 35.5 Å². The zero-order valence-electron chi connectivity index (χ0n) is 15.4. The molecule has 0 radical (unpaired) electrons. The van der Waals surface area contributed by atoms with Crippen LogP contribution in [0.3, 0.4) is 0 Å². The predicted molar refractivity (Wildman–Crippen MR) is 107 cm³/mol. The van der Waals surface area contributed by atoms with Crippen molar-refractivity contribution in [3.8, 4) is 0 Å². The zero-order chi connectivity index (χ0) is 20.4. The molecule has 0 bridgehead atoms. The number of hydrogen-bond donors (Lipinski definition) is 1.